The van der Waals surface area contributed by atoms with Crippen LogP contribution in [0.3, 0.4) is 0 Å². The molecule has 1 aliphatic heterocycles. The van der Waals surface area contributed by atoms with Gasteiger partial charge in [0.2, 0.25) is 5.89 Å². The van der Waals surface area contributed by atoms with Crippen molar-refractivity contribution < 1.29 is 4.52 Å². The van der Waals surface area contributed by atoms with Crippen molar-refractivity contribution in [2.75, 3.05) is 19.6 Å². The van der Waals surface area contributed by atoms with E-state index in [9.17, 15) is 0 Å². The summed E-state index contributed by atoms with van der Waals surface area (Å²) in [5.74, 6) is 3.10. The molecule has 2 fully saturated rings. The molecule has 1 saturated carbocycles. The molecule has 2 heterocycles. The van der Waals surface area contributed by atoms with Gasteiger partial charge in [-0.2, -0.15) is 4.98 Å². The highest BCUT2D eigenvalue weighted by Crippen LogP contribution is 2.30. The minimum atomic E-state index is 0.570. The van der Waals surface area contributed by atoms with Crippen molar-refractivity contribution in [3.8, 4) is 0 Å². The Morgan fingerprint density at radius 1 is 1.29 bits per heavy atom. The molecule has 1 aromatic rings. The molecule has 1 aromatic heterocycles. The lowest BCUT2D eigenvalue weighted by Gasteiger charge is -2.24. The van der Waals surface area contributed by atoms with Gasteiger partial charge in [-0.05, 0) is 44.1 Å². The summed E-state index contributed by atoms with van der Waals surface area (Å²) < 4.78 is 5.44. The van der Waals surface area contributed by atoms with E-state index in [-0.39, 0.29) is 0 Å². The van der Waals surface area contributed by atoms with Crippen LogP contribution in [-0.4, -0.2) is 40.7 Å². The second-order valence-corrected chi connectivity index (χ2v) is 7.13. The zero-order valence-corrected chi connectivity index (χ0v) is 13.3. The Hall–Kier alpha value is -0.940. The predicted molar refractivity (Wildman–Crippen MR) is 81.9 cm³/mol. The summed E-state index contributed by atoms with van der Waals surface area (Å²) in [6.07, 6.45) is 6.27. The van der Waals surface area contributed by atoms with Crippen LogP contribution in [0, 0.1) is 11.8 Å². The summed E-state index contributed by atoms with van der Waals surface area (Å²) in [5, 5.41) is 7.70. The molecule has 1 saturated heterocycles. The van der Waals surface area contributed by atoms with Crippen molar-refractivity contribution in [1.29, 1.82) is 0 Å². The minimum absolute atomic E-state index is 0.570. The topological polar surface area (TPSA) is 54.2 Å². The SMILES string of the molecule is CC(C)Cc1noc(CN(CC2CC2)CC2CCCN2)n1. The van der Waals surface area contributed by atoms with Gasteiger partial charge >= 0.3 is 0 Å². The Kier molecular flexibility index (Phi) is 4.91. The van der Waals surface area contributed by atoms with Gasteiger partial charge in [0.1, 0.15) is 0 Å². The summed E-state index contributed by atoms with van der Waals surface area (Å²) >= 11 is 0. The first-order chi connectivity index (χ1) is 10.2. The molecule has 1 atom stereocenters. The van der Waals surface area contributed by atoms with Gasteiger partial charge in [0, 0.05) is 25.6 Å². The maximum absolute atomic E-state index is 5.44. The van der Waals surface area contributed by atoms with Crippen molar-refractivity contribution >= 4 is 0 Å². The van der Waals surface area contributed by atoms with Gasteiger partial charge in [0.25, 0.3) is 0 Å². The van der Waals surface area contributed by atoms with E-state index in [2.05, 4.69) is 34.2 Å². The second-order valence-electron chi connectivity index (χ2n) is 7.13. The van der Waals surface area contributed by atoms with E-state index in [0.717, 1.165) is 37.1 Å². The van der Waals surface area contributed by atoms with Gasteiger partial charge in [-0.25, -0.2) is 0 Å². The fourth-order valence-corrected chi connectivity index (χ4v) is 3.09. The van der Waals surface area contributed by atoms with Crippen molar-refractivity contribution in [3.05, 3.63) is 11.7 Å². The summed E-state index contributed by atoms with van der Waals surface area (Å²) in [4.78, 5) is 7.06. The molecular formula is C16H28N4O. The van der Waals surface area contributed by atoms with Crippen LogP contribution in [0.1, 0.15) is 51.2 Å². The number of nitrogens with zero attached hydrogens (tertiary/aromatic N) is 3. The van der Waals surface area contributed by atoms with Crippen molar-refractivity contribution in [2.24, 2.45) is 11.8 Å². The van der Waals surface area contributed by atoms with Gasteiger partial charge in [0.05, 0.1) is 6.54 Å². The number of hydrogen-bond acceptors (Lipinski definition) is 5. The second kappa shape index (κ2) is 6.88. The van der Waals surface area contributed by atoms with Crippen LogP contribution in [0.25, 0.3) is 0 Å². The predicted octanol–water partition coefficient (Wildman–Crippen LogP) is 2.23. The van der Waals surface area contributed by atoms with E-state index in [4.69, 9.17) is 4.52 Å². The molecule has 0 spiro atoms. The van der Waals surface area contributed by atoms with Gasteiger partial charge in [-0.15, -0.1) is 0 Å². The quantitative estimate of drug-likeness (QED) is 0.796. The molecular weight excluding hydrogens is 264 g/mol. The standard InChI is InChI=1S/C16H28N4O/c1-12(2)8-15-18-16(21-19-15)11-20(9-13-5-6-13)10-14-4-3-7-17-14/h12-14,17H,3-11H2,1-2H3. The van der Waals surface area contributed by atoms with Crippen LogP contribution >= 0.6 is 0 Å². The van der Waals surface area contributed by atoms with Crippen LogP contribution in [0.5, 0.6) is 0 Å². The lowest BCUT2D eigenvalue weighted by molar-refractivity contribution is 0.202. The van der Waals surface area contributed by atoms with E-state index in [0.29, 0.717) is 12.0 Å². The van der Waals surface area contributed by atoms with Crippen LogP contribution in [-0.2, 0) is 13.0 Å². The molecule has 0 amide bonds. The Balaban J connectivity index is 1.55. The molecule has 1 N–H and O–H groups in total. The van der Waals surface area contributed by atoms with Gasteiger partial charge in [-0.1, -0.05) is 19.0 Å². The molecule has 118 valence electrons. The van der Waals surface area contributed by atoms with Crippen molar-refractivity contribution in [2.45, 2.75) is 58.5 Å². The first-order valence-corrected chi connectivity index (χ1v) is 8.46. The summed E-state index contributed by atoms with van der Waals surface area (Å²) in [6, 6.07) is 0.641. The van der Waals surface area contributed by atoms with Crippen molar-refractivity contribution in [3.63, 3.8) is 0 Å². The third-order valence-electron chi connectivity index (χ3n) is 4.31. The van der Waals surface area contributed by atoms with Crippen LogP contribution in [0.15, 0.2) is 4.52 Å². The molecule has 1 unspecified atom stereocenters. The zero-order chi connectivity index (χ0) is 14.7. The van der Waals surface area contributed by atoms with Crippen LogP contribution < -0.4 is 5.32 Å². The van der Waals surface area contributed by atoms with E-state index < -0.39 is 0 Å². The molecule has 5 heteroatoms. The number of aromatic nitrogens is 2. The number of nitrogens with one attached hydrogen (secondary N) is 1. The maximum atomic E-state index is 5.44. The monoisotopic (exact) mass is 292 g/mol. The van der Waals surface area contributed by atoms with Crippen molar-refractivity contribution in [1.82, 2.24) is 20.4 Å². The first-order valence-electron chi connectivity index (χ1n) is 8.46. The molecule has 21 heavy (non-hydrogen) atoms. The lowest BCUT2D eigenvalue weighted by Crippen LogP contribution is -2.38. The molecule has 5 nitrogen and oxygen atoms in total. The fraction of sp³-hybridized carbons (Fsp3) is 0.875. The average Bonchev–Trinajstić information content (AvgIpc) is 2.90. The first kappa shape index (κ1) is 15.0. The Bertz CT molecular complexity index is 435. The smallest absolute Gasteiger partial charge is 0.240 e. The van der Waals surface area contributed by atoms with E-state index >= 15 is 0 Å². The Morgan fingerprint density at radius 2 is 2.14 bits per heavy atom. The van der Waals surface area contributed by atoms with E-state index in [1.165, 1.54) is 38.8 Å². The van der Waals surface area contributed by atoms with Gasteiger partial charge in [-0.3, -0.25) is 4.90 Å². The fourth-order valence-electron chi connectivity index (χ4n) is 3.09. The lowest BCUT2D eigenvalue weighted by atomic mass is 10.1. The Labute approximate surface area is 127 Å². The summed E-state index contributed by atoms with van der Waals surface area (Å²) in [6.45, 7) is 8.63. The highest BCUT2D eigenvalue weighted by molar-refractivity contribution is 4.90. The normalized spacial score (nSPS) is 22.6. The van der Waals surface area contributed by atoms with Crippen LogP contribution in [0.2, 0.25) is 0 Å². The Morgan fingerprint density at radius 3 is 2.81 bits per heavy atom. The highest BCUT2D eigenvalue weighted by atomic mass is 16.5. The molecule has 0 radical (unpaired) electrons. The summed E-state index contributed by atoms with van der Waals surface area (Å²) in [7, 11) is 0. The third kappa shape index (κ3) is 4.78. The molecule has 1 aliphatic carbocycles. The molecule has 0 aromatic carbocycles. The molecule has 3 rings (SSSR count). The van der Waals surface area contributed by atoms with E-state index in [1.54, 1.807) is 0 Å². The third-order valence-corrected chi connectivity index (χ3v) is 4.31. The van der Waals surface area contributed by atoms with Gasteiger partial charge in [0.15, 0.2) is 5.82 Å². The molecule has 0 bridgehead atoms. The number of rotatable bonds is 8. The zero-order valence-electron chi connectivity index (χ0n) is 13.3. The highest BCUT2D eigenvalue weighted by Gasteiger charge is 2.27. The van der Waals surface area contributed by atoms with Gasteiger partial charge < -0.3 is 9.84 Å². The summed E-state index contributed by atoms with van der Waals surface area (Å²) in [5.41, 5.74) is 0. The number of hydrogen-bond donors (Lipinski definition) is 1. The molecule has 2 aliphatic rings. The minimum Gasteiger partial charge on any atom is -0.338 e. The van der Waals surface area contributed by atoms with Crippen LogP contribution in [0.4, 0.5) is 0 Å². The van der Waals surface area contributed by atoms with E-state index in [1.807, 2.05) is 0 Å². The largest absolute Gasteiger partial charge is 0.338 e. The average molecular weight is 292 g/mol. The maximum Gasteiger partial charge on any atom is 0.240 e.